The summed E-state index contributed by atoms with van der Waals surface area (Å²) in [4.78, 5) is 37.3. The number of imide groups is 1. The fraction of sp³-hybridized carbons (Fsp3) is 0.250. The average molecular weight is 417 g/mol. The predicted octanol–water partition coefficient (Wildman–Crippen LogP) is 2.06. The number of esters is 1. The highest BCUT2D eigenvalue weighted by Gasteiger charge is 2.28. The van der Waals surface area contributed by atoms with Crippen LogP contribution in [-0.2, 0) is 14.3 Å². The third-order valence-corrected chi connectivity index (χ3v) is 4.75. The van der Waals surface area contributed by atoms with Crippen molar-refractivity contribution in [1.82, 2.24) is 5.32 Å². The molecule has 0 saturated heterocycles. The lowest BCUT2D eigenvalue weighted by Gasteiger charge is -2.25. The number of fused-ring (bicyclic) bond motifs is 1. The number of para-hydroxylation sites is 2. The average Bonchev–Trinajstić information content (AvgIpc) is 2.76. The van der Waals surface area contributed by atoms with Crippen LogP contribution in [0.15, 0.2) is 47.4 Å². The summed E-state index contributed by atoms with van der Waals surface area (Å²) in [6, 6.07) is 11.9. The molecule has 1 N–H and O–H groups in total. The molecular weight excluding hydrogens is 398 g/mol. The van der Waals surface area contributed by atoms with Crippen LogP contribution in [0.3, 0.4) is 0 Å². The van der Waals surface area contributed by atoms with Crippen molar-refractivity contribution < 1.29 is 33.3 Å². The van der Waals surface area contributed by atoms with E-state index in [1.807, 2.05) is 6.26 Å². The van der Waals surface area contributed by atoms with Gasteiger partial charge in [-0.15, -0.1) is 11.8 Å². The Morgan fingerprint density at radius 1 is 1.17 bits per heavy atom. The minimum Gasteiger partial charge on any atom is -0.496 e. The molecule has 1 atom stereocenters. The molecule has 1 aliphatic rings. The van der Waals surface area contributed by atoms with Gasteiger partial charge in [-0.25, -0.2) is 4.79 Å². The van der Waals surface area contributed by atoms with Gasteiger partial charge in [-0.1, -0.05) is 12.1 Å². The van der Waals surface area contributed by atoms with E-state index in [1.54, 1.807) is 42.5 Å². The van der Waals surface area contributed by atoms with Gasteiger partial charge in [0.25, 0.3) is 11.8 Å². The Bertz CT molecular complexity index is 931. The second kappa shape index (κ2) is 9.33. The van der Waals surface area contributed by atoms with Crippen LogP contribution in [-0.4, -0.2) is 50.5 Å². The lowest BCUT2D eigenvalue weighted by atomic mass is 10.2. The van der Waals surface area contributed by atoms with Crippen molar-refractivity contribution in [2.75, 3.05) is 26.6 Å². The highest BCUT2D eigenvalue weighted by Crippen LogP contribution is 2.30. The van der Waals surface area contributed by atoms with Gasteiger partial charge in [0.1, 0.15) is 17.9 Å². The summed E-state index contributed by atoms with van der Waals surface area (Å²) in [6.07, 6.45) is 0.914. The number of hydrogen-bond donors (Lipinski definition) is 1. The first kappa shape index (κ1) is 20.5. The van der Waals surface area contributed by atoms with Gasteiger partial charge in [0.05, 0.1) is 7.11 Å². The number of carbonyl (C=O) groups excluding carboxylic acids is 3. The van der Waals surface area contributed by atoms with E-state index in [2.05, 4.69) is 5.32 Å². The minimum atomic E-state index is -0.983. The van der Waals surface area contributed by atoms with E-state index in [0.29, 0.717) is 17.2 Å². The summed E-state index contributed by atoms with van der Waals surface area (Å²) >= 11 is 1.50. The third kappa shape index (κ3) is 5.00. The fourth-order valence-corrected chi connectivity index (χ4v) is 3.01. The Hall–Kier alpha value is -3.20. The van der Waals surface area contributed by atoms with Crippen molar-refractivity contribution in [1.29, 1.82) is 0 Å². The van der Waals surface area contributed by atoms with Crippen LogP contribution in [0.25, 0.3) is 0 Å². The van der Waals surface area contributed by atoms with Crippen LogP contribution < -0.4 is 19.5 Å². The van der Waals surface area contributed by atoms with Crippen LogP contribution in [0, 0.1) is 0 Å². The SMILES string of the molecule is COc1cc(SC)ccc1C(=O)OCC(=O)NC(=O)[C@H]1COc2ccccc2O1. The number of carbonyl (C=O) groups is 3. The summed E-state index contributed by atoms with van der Waals surface area (Å²) in [5, 5.41) is 2.14. The van der Waals surface area contributed by atoms with Gasteiger partial charge >= 0.3 is 5.97 Å². The van der Waals surface area contributed by atoms with Crippen molar-refractivity contribution in [3.05, 3.63) is 48.0 Å². The zero-order chi connectivity index (χ0) is 20.8. The van der Waals surface area contributed by atoms with E-state index in [1.165, 1.54) is 18.9 Å². The van der Waals surface area contributed by atoms with Gasteiger partial charge in [-0.2, -0.15) is 0 Å². The van der Waals surface area contributed by atoms with E-state index in [4.69, 9.17) is 18.9 Å². The molecule has 2 aromatic rings. The molecule has 0 aliphatic carbocycles. The first-order valence-electron chi connectivity index (χ1n) is 8.63. The molecule has 8 nitrogen and oxygen atoms in total. The molecule has 0 aromatic heterocycles. The molecule has 1 aliphatic heterocycles. The van der Waals surface area contributed by atoms with Crippen molar-refractivity contribution in [3.8, 4) is 17.2 Å². The second-order valence-corrected chi connectivity index (χ2v) is 6.80. The quantitative estimate of drug-likeness (QED) is 0.563. The Morgan fingerprint density at radius 3 is 2.66 bits per heavy atom. The summed E-state index contributed by atoms with van der Waals surface area (Å²) in [6.45, 7) is -0.656. The Kier molecular flexibility index (Phi) is 6.61. The molecule has 29 heavy (non-hydrogen) atoms. The van der Waals surface area contributed by atoms with E-state index >= 15 is 0 Å². The molecule has 152 valence electrons. The first-order chi connectivity index (χ1) is 14.0. The summed E-state index contributed by atoms with van der Waals surface area (Å²) in [5.41, 5.74) is 0.185. The van der Waals surface area contributed by atoms with Gasteiger partial charge < -0.3 is 18.9 Å². The lowest BCUT2D eigenvalue weighted by Crippen LogP contribution is -2.47. The van der Waals surface area contributed by atoms with E-state index in [9.17, 15) is 14.4 Å². The largest absolute Gasteiger partial charge is 0.496 e. The van der Waals surface area contributed by atoms with Crippen molar-refractivity contribution in [3.63, 3.8) is 0 Å². The number of hydrogen-bond acceptors (Lipinski definition) is 8. The molecule has 1 heterocycles. The van der Waals surface area contributed by atoms with E-state index < -0.39 is 30.5 Å². The molecule has 0 saturated carbocycles. The number of benzene rings is 2. The second-order valence-electron chi connectivity index (χ2n) is 5.92. The monoisotopic (exact) mass is 417 g/mol. The highest BCUT2D eigenvalue weighted by molar-refractivity contribution is 7.98. The molecule has 0 radical (unpaired) electrons. The zero-order valence-corrected chi connectivity index (χ0v) is 16.6. The normalized spacial score (nSPS) is 14.6. The third-order valence-electron chi connectivity index (χ3n) is 4.03. The Morgan fingerprint density at radius 2 is 1.93 bits per heavy atom. The number of ether oxygens (including phenoxy) is 4. The lowest BCUT2D eigenvalue weighted by molar-refractivity contribution is -0.137. The maximum Gasteiger partial charge on any atom is 0.342 e. The van der Waals surface area contributed by atoms with Crippen LogP contribution in [0.2, 0.25) is 0 Å². The maximum absolute atomic E-state index is 12.2. The van der Waals surface area contributed by atoms with E-state index in [0.717, 1.165) is 4.90 Å². The molecular formula is C20H19NO7S. The van der Waals surface area contributed by atoms with Crippen molar-refractivity contribution in [2.45, 2.75) is 11.0 Å². The Balaban J connectivity index is 1.52. The molecule has 2 amide bonds. The van der Waals surface area contributed by atoms with Crippen LogP contribution >= 0.6 is 11.8 Å². The molecule has 0 bridgehead atoms. The number of methoxy groups -OCH3 is 1. The van der Waals surface area contributed by atoms with Gasteiger partial charge in [-0.05, 0) is 36.6 Å². The zero-order valence-electron chi connectivity index (χ0n) is 15.8. The fourth-order valence-electron chi connectivity index (χ4n) is 2.58. The maximum atomic E-state index is 12.2. The van der Waals surface area contributed by atoms with Gasteiger partial charge in [-0.3, -0.25) is 14.9 Å². The molecule has 9 heteroatoms. The molecule has 0 spiro atoms. The number of amides is 2. The van der Waals surface area contributed by atoms with Crippen LogP contribution in [0.5, 0.6) is 17.2 Å². The topological polar surface area (TPSA) is 100 Å². The summed E-state index contributed by atoms with van der Waals surface area (Å²) in [7, 11) is 1.44. The first-order valence-corrected chi connectivity index (χ1v) is 9.85. The van der Waals surface area contributed by atoms with Gasteiger partial charge in [0.2, 0.25) is 6.10 Å². The molecule has 3 rings (SSSR count). The molecule has 2 aromatic carbocycles. The van der Waals surface area contributed by atoms with Crippen LogP contribution in [0.1, 0.15) is 10.4 Å². The van der Waals surface area contributed by atoms with Gasteiger partial charge in [0, 0.05) is 4.90 Å². The highest BCUT2D eigenvalue weighted by atomic mass is 32.2. The molecule has 0 fully saturated rings. The van der Waals surface area contributed by atoms with Crippen LogP contribution in [0.4, 0.5) is 0 Å². The summed E-state index contributed by atoms with van der Waals surface area (Å²) < 4.78 is 21.1. The predicted molar refractivity (Wildman–Crippen MR) is 105 cm³/mol. The number of rotatable bonds is 6. The summed E-state index contributed by atoms with van der Waals surface area (Å²) in [5.74, 6) is -0.905. The number of nitrogens with one attached hydrogen (secondary N) is 1. The standard InChI is InChI=1S/C20H19NO7S/c1-25-16-9-12(29-2)7-8-13(16)20(24)27-11-18(22)21-19(23)17-10-26-14-5-3-4-6-15(14)28-17/h3-9,17H,10-11H2,1-2H3,(H,21,22,23)/t17-/m1/s1. The number of thioether (sulfide) groups is 1. The van der Waals surface area contributed by atoms with Gasteiger partial charge in [0.15, 0.2) is 18.1 Å². The van der Waals surface area contributed by atoms with Crippen molar-refractivity contribution in [2.24, 2.45) is 0 Å². The minimum absolute atomic E-state index is 0.0328. The van der Waals surface area contributed by atoms with Crippen molar-refractivity contribution >= 4 is 29.5 Å². The molecule has 0 unspecified atom stereocenters. The van der Waals surface area contributed by atoms with E-state index in [-0.39, 0.29) is 12.2 Å². The smallest absolute Gasteiger partial charge is 0.342 e. The Labute approximate surface area is 171 Å².